The van der Waals surface area contributed by atoms with Crippen molar-refractivity contribution in [3.05, 3.63) is 82.2 Å². The molecule has 1 aromatic carbocycles. The number of aromatic nitrogens is 2. The number of aromatic amines is 1. The zero-order valence-electron chi connectivity index (χ0n) is 19.2. The molecule has 0 amide bonds. The molecule has 0 saturated carbocycles. The third-order valence-electron chi connectivity index (χ3n) is 6.77. The average molecular weight is 445 g/mol. The summed E-state index contributed by atoms with van der Waals surface area (Å²) in [6, 6.07) is 11.2. The van der Waals surface area contributed by atoms with Crippen LogP contribution in [0.2, 0.25) is 0 Å². The number of carbonyl (C=O) groups excluding carboxylic acids is 2. The predicted octanol–water partition coefficient (Wildman–Crippen LogP) is 5.39. The first-order chi connectivity index (χ1) is 15.9. The minimum Gasteiger partial charge on any atom is -0.467 e. The van der Waals surface area contributed by atoms with Gasteiger partial charge in [-0.25, -0.2) is 4.79 Å². The topological polar surface area (TPSA) is 77.2 Å². The zero-order valence-corrected chi connectivity index (χ0v) is 19.2. The van der Waals surface area contributed by atoms with E-state index in [0.717, 1.165) is 40.9 Å². The fraction of sp³-hybridized carbons (Fsp3) is 0.333. The van der Waals surface area contributed by atoms with E-state index in [-0.39, 0.29) is 12.4 Å². The molecule has 0 aliphatic heterocycles. The number of nitrogens with one attached hydrogen (secondary N) is 1. The first-order valence-electron chi connectivity index (χ1n) is 11.4. The van der Waals surface area contributed by atoms with E-state index in [4.69, 9.17) is 9.15 Å². The van der Waals surface area contributed by atoms with Crippen LogP contribution in [0.1, 0.15) is 62.5 Å². The molecule has 1 N–H and O–H groups in total. The summed E-state index contributed by atoms with van der Waals surface area (Å²) in [7, 11) is 0. The van der Waals surface area contributed by atoms with E-state index in [1.165, 1.54) is 17.7 Å². The number of furan rings is 1. The second-order valence-corrected chi connectivity index (χ2v) is 9.14. The van der Waals surface area contributed by atoms with E-state index in [2.05, 4.69) is 11.9 Å². The van der Waals surface area contributed by atoms with Crippen molar-refractivity contribution in [3.8, 4) is 0 Å². The molecule has 0 fully saturated rings. The number of H-pyrrole nitrogens is 1. The van der Waals surface area contributed by atoms with Crippen molar-refractivity contribution in [1.82, 2.24) is 9.55 Å². The second-order valence-electron chi connectivity index (χ2n) is 9.14. The number of esters is 1. The van der Waals surface area contributed by atoms with Crippen LogP contribution >= 0.6 is 0 Å². The van der Waals surface area contributed by atoms with Gasteiger partial charge < -0.3 is 18.7 Å². The first-order valence-corrected chi connectivity index (χ1v) is 11.4. The van der Waals surface area contributed by atoms with Crippen molar-refractivity contribution in [3.63, 3.8) is 0 Å². The molecule has 33 heavy (non-hydrogen) atoms. The molecule has 0 radical (unpaired) electrons. The van der Waals surface area contributed by atoms with E-state index >= 15 is 0 Å². The van der Waals surface area contributed by atoms with Crippen LogP contribution in [0.3, 0.4) is 0 Å². The number of carbonyl (C=O) groups is 2. The summed E-state index contributed by atoms with van der Waals surface area (Å²) in [5.41, 5.74) is 6.45. The predicted molar refractivity (Wildman–Crippen MR) is 126 cm³/mol. The van der Waals surface area contributed by atoms with Crippen LogP contribution in [0.15, 0.2) is 47.1 Å². The number of benzene rings is 1. The van der Waals surface area contributed by atoms with E-state index < -0.39 is 5.97 Å². The standard InChI is InChI=1S/C27H28N2O4/c1-16-6-8-24-22(11-16)23-13-19(7-9-25(23)28-24)27(31)33-15-26(30)21-12-17(2)29(18(21)3)14-20-5-4-10-32-20/h4-5,7,9-10,12-13,16,28H,6,8,11,14-15H2,1-3H3/t16-/m0/s1. The van der Waals surface area contributed by atoms with Crippen LogP contribution in [0.5, 0.6) is 0 Å². The van der Waals surface area contributed by atoms with Gasteiger partial charge in [0.05, 0.1) is 18.4 Å². The highest BCUT2D eigenvalue weighted by Gasteiger charge is 2.22. The fourth-order valence-corrected chi connectivity index (χ4v) is 4.90. The van der Waals surface area contributed by atoms with Gasteiger partial charge in [-0.05, 0) is 81.0 Å². The number of aryl methyl sites for hydroxylation is 2. The molecule has 1 aliphatic rings. The van der Waals surface area contributed by atoms with Crippen LogP contribution in [0.4, 0.5) is 0 Å². The number of hydrogen-bond donors (Lipinski definition) is 1. The smallest absolute Gasteiger partial charge is 0.338 e. The highest BCUT2D eigenvalue weighted by atomic mass is 16.5. The Morgan fingerprint density at radius 1 is 1.21 bits per heavy atom. The van der Waals surface area contributed by atoms with E-state index in [9.17, 15) is 9.59 Å². The summed E-state index contributed by atoms with van der Waals surface area (Å²) in [4.78, 5) is 29.1. The van der Waals surface area contributed by atoms with E-state index in [1.54, 1.807) is 12.3 Å². The number of Topliss-reactive ketones (excluding diaryl/α,β-unsaturated/α-hetero) is 1. The van der Waals surface area contributed by atoms with Gasteiger partial charge in [-0.1, -0.05) is 6.92 Å². The summed E-state index contributed by atoms with van der Waals surface area (Å²) in [6.07, 6.45) is 4.87. The molecule has 5 rings (SSSR count). The molecule has 0 unspecified atom stereocenters. The van der Waals surface area contributed by atoms with E-state index in [0.29, 0.717) is 23.6 Å². The maximum Gasteiger partial charge on any atom is 0.338 e. The molecule has 0 bridgehead atoms. The molecule has 1 atom stereocenters. The van der Waals surface area contributed by atoms with Crippen LogP contribution < -0.4 is 0 Å². The Morgan fingerprint density at radius 3 is 2.85 bits per heavy atom. The molecule has 170 valence electrons. The third-order valence-corrected chi connectivity index (χ3v) is 6.77. The van der Waals surface area contributed by atoms with Gasteiger partial charge in [0.1, 0.15) is 5.76 Å². The molecule has 0 spiro atoms. The molecule has 3 heterocycles. The highest BCUT2D eigenvalue weighted by molar-refractivity contribution is 6.01. The van der Waals surface area contributed by atoms with Crippen LogP contribution in [-0.4, -0.2) is 27.9 Å². The molecule has 4 aromatic rings. The van der Waals surface area contributed by atoms with Gasteiger partial charge in [-0.2, -0.15) is 0 Å². The number of nitrogens with zero attached hydrogens (tertiary/aromatic N) is 1. The summed E-state index contributed by atoms with van der Waals surface area (Å²) in [6.45, 7) is 6.37. The van der Waals surface area contributed by atoms with Crippen molar-refractivity contribution in [2.45, 2.75) is 46.6 Å². The Labute approximate surface area is 192 Å². The lowest BCUT2D eigenvalue weighted by Gasteiger charge is -2.18. The minimum atomic E-state index is -0.478. The van der Waals surface area contributed by atoms with Gasteiger partial charge in [-0.15, -0.1) is 0 Å². The summed E-state index contributed by atoms with van der Waals surface area (Å²) >= 11 is 0. The van der Waals surface area contributed by atoms with Gasteiger partial charge >= 0.3 is 5.97 Å². The molecule has 1 aliphatic carbocycles. The number of rotatable bonds is 6. The van der Waals surface area contributed by atoms with Gasteiger partial charge in [0.2, 0.25) is 5.78 Å². The number of ether oxygens (including phenoxy) is 1. The highest BCUT2D eigenvalue weighted by Crippen LogP contribution is 2.32. The lowest BCUT2D eigenvalue weighted by molar-refractivity contribution is 0.0474. The number of fused-ring (bicyclic) bond motifs is 3. The van der Waals surface area contributed by atoms with Crippen molar-refractivity contribution in [2.24, 2.45) is 5.92 Å². The SMILES string of the molecule is Cc1cc(C(=O)COC(=O)c2ccc3[nH]c4c(c3c2)C[C@@H](C)CC4)c(C)n1Cc1ccco1. The largest absolute Gasteiger partial charge is 0.467 e. The molecule has 3 aromatic heterocycles. The number of hydrogen-bond acceptors (Lipinski definition) is 4. The molecule has 0 saturated heterocycles. The molecular weight excluding hydrogens is 416 g/mol. The molecular formula is C27H28N2O4. The monoisotopic (exact) mass is 444 g/mol. The maximum absolute atomic E-state index is 12.8. The Morgan fingerprint density at radius 2 is 2.06 bits per heavy atom. The summed E-state index contributed by atoms with van der Waals surface area (Å²) in [5.74, 6) is 0.764. The Kier molecular flexibility index (Phi) is 5.44. The lowest BCUT2D eigenvalue weighted by Crippen LogP contribution is -2.15. The summed E-state index contributed by atoms with van der Waals surface area (Å²) < 4.78 is 12.9. The normalized spacial score (nSPS) is 15.5. The molecule has 6 nitrogen and oxygen atoms in total. The number of ketones is 1. The van der Waals surface area contributed by atoms with Gasteiger partial charge in [0.25, 0.3) is 0 Å². The van der Waals surface area contributed by atoms with Crippen molar-refractivity contribution in [1.29, 1.82) is 0 Å². The first kappa shape index (κ1) is 21.3. The quantitative estimate of drug-likeness (QED) is 0.319. The van der Waals surface area contributed by atoms with E-state index in [1.807, 2.05) is 48.7 Å². The average Bonchev–Trinajstić information content (AvgIpc) is 3.51. The van der Waals surface area contributed by atoms with Gasteiger partial charge in [0, 0.05) is 33.5 Å². The summed E-state index contributed by atoms with van der Waals surface area (Å²) in [5, 5.41) is 1.08. The third kappa shape index (κ3) is 4.01. The fourth-order valence-electron chi connectivity index (χ4n) is 4.90. The van der Waals surface area contributed by atoms with Crippen molar-refractivity contribution >= 4 is 22.7 Å². The molecule has 6 heteroatoms. The zero-order chi connectivity index (χ0) is 23.1. The second kappa shape index (κ2) is 8.43. The maximum atomic E-state index is 12.8. The Balaban J connectivity index is 1.30. The minimum absolute atomic E-state index is 0.212. The van der Waals surface area contributed by atoms with Gasteiger partial charge in [-0.3, -0.25) is 4.79 Å². The van der Waals surface area contributed by atoms with Crippen LogP contribution in [0, 0.1) is 19.8 Å². The van der Waals surface area contributed by atoms with Crippen LogP contribution in [-0.2, 0) is 24.1 Å². The van der Waals surface area contributed by atoms with Crippen molar-refractivity contribution in [2.75, 3.05) is 6.61 Å². The van der Waals surface area contributed by atoms with Crippen LogP contribution in [0.25, 0.3) is 10.9 Å². The van der Waals surface area contributed by atoms with Crippen molar-refractivity contribution < 1.29 is 18.7 Å². The Hall–Kier alpha value is -3.54. The lowest BCUT2D eigenvalue weighted by atomic mass is 9.87. The van der Waals surface area contributed by atoms with Gasteiger partial charge in [0.15, 0.2) is 6.61 Å². The Bertz CT molecular complexity index is 1340.